The van der Waals surface area contributed by atoms with Crippen molar-refractivity contribution in [3.8, 4) is 0 Å². The molecule has 1 aliphatic rings. The summed E-state index contributed by atoms with van der Waals surface area (Å²) >= 11 is 0. The Bertz CT molecular complexity index is 251. The highest BCUT2D eigenvalue weighted by Gasteiger charge is 2.38. The Morgan fingerprint density at radius 1 is 1.26 bits per heavy atom. The number of aliphatic hydroxyl groups is 1. The van der Waals surface area contributed by atoms with E-state index in [1.165, 1.54) is 12.8 Å². The summed E-state index contributed by atoms with van der Waals surface area (Å²) in [6, 6.07) is 0.905. The summed E-state index contributed by atoms with van der Waals surface area (Å²) in [6.07, 6.45) is 3.59. The highest BCUT2D eigenvalue weighted by Crippen LogP contribution is 2.43. The molecule has 1 aliphatic carbocycles. The minimum atomic E-state index is 0.238. The van der Waals surface area contributed by atoms with E-state index < -0.39 is 0 Å². The van der Waals surface area contributed by atoms with E-state index in [9.17, 15) is 0 Å². The largest absolute Gasteiger partial charge is 0.395 e. The Hall–Kier alpha value is -0.120. The molecule has 3 N–H and O–H groups in total. The molecule has 0 aromatic heterocycles. The second kappa shape index (κ2) is 7.61. The Balaban J connectivity index is 2.27. The van der Waals surface area contributed by atoms with Crippen molar-refractivity contribution in [1.29, 1.82) is 0 Å². The van der Waals surface area contributed by atoms with Crippen molar-refractivity contribution in [2.45, 2.75) is 66.0 Å². The van der Waals surface area contributed by atoms with Crippen molar-refractivity contribution in [3.05, 3.63) is 0 Å². The van der Waals surface area contributed by atoms with Crippen LogP contribution in [0.5, 0.6) is 0 Å². The SMILES string of the molecule is CCC(CO)NCCN[C@@H]1CCC(C)(C)[C@H](C)[C@H]1C. The number of hydrogen-bond acceptors (Lipinski definition) is 3. The lowest BCUT2D eigenvalue weighted by Gasteiger charge is -2.45. The molecule has 1 rings (SSSR count). The fourth-order valence-electron chi connectivity index (χ4n) is 3.24. The molecular formula is C16H34N2O. The van der Waals surface area contributed by atoms with Gasteiger partial charge in [-0.15, -0.1) is 0 Å². The van der Waals surface area contributed by atoms with Crippen LogP contribution in [0.1, 0.15) is 53.9 Å². The number of rotatable bonds is 7. The average Bonchev–Trinajstić information content (AvgIpc) is 2.39. The Kier molecular flexibility index (Phi) is 6.78. The van der Waals surface area contributed by atoms with Crippen molar-refractivity contribution in [2.24, 2.45) is 17.3 Å². The molecular weight excluding hydrogens is 236 g/mol. The first-order chi connectivity index (χ1) is 8.92. The first-order valence-corrected chi connectivity index (χ1v) is 8.00. The molecule has 1 fully saturated rings. The third-order valence-electron chi connectivity index (χ3n) is 5.43. The quantitative estimate of drug-likeness (QED) is 0.622. The van der Waals surface area contributed by atoms with Crippen LogP contribution in [-0.4, -0.2) is 36.9 Å². The predicted octanol–water partition coefficient (Wildman–Crippen LogP) is 2.40. The lowest BCUT2D eigenvalue weighted by Crippen LogP contribution is -2.48. The lowest BCUT2D eigenvalue weighted by atomic mass is 9.63. The maximum absolute atomic E-state index is 9.13. The van der Waals surface area contributed by atoms with E-state index in [1.807, 2.05) is 0 Å². The molecule has 0 bridgehead atoms. The second-order valence-corrected chi connectivity index (χ2v) is 6.98. The second-order valence-electron chi connectivity index (χ2n) is 6.98. The molecule has 0 aromatic carbocycles. The average molecular weight is 270 g/mol. The lowest BCUT2D eigenvalue weighted by molar-refractivity contribution is 0.0691. The highest BCUT2D eigenvalue weighted by atomic mass is 16.3. The van der Waals surface area contributed by atoms with Gasteiger partial charge in [0.25, 0.3) is 0 Å². The normalized spacial score (nSPS) is 32.2. The number of nitrogens with one attached hydrogen (secondary N) is 2. The Morgan fingerprint density at radius 2 is 1.95 bits per heavy atom. The summed E-state index contributed by atoms with van der Waals surface area (Å²) < 4.78 is 0. The highest BCUT2D eigenvalue weighted by molar-refractivity contribution is 4.91. The van der Waals surface area contributed by atoms with E-state index in [0.717, 1.165) is 31.3 Å². The van der Waals surface area contributed by atoms with Crippen LogP contribution in [0.2, 0.25) is 0 Å². The zero-order valence-corrected chi connectivity index (χ0v) is 13.5. The van der Waals surface area contributed by atoms with Gasteiger partial charge in [0, 0.05) is 25.2 Å². The third-order valence-corrected chi connectivity index (χ3v) is 5.43. The molecule has 3 nitrogen and oxygen atoms in total. The molecule has 0 aliphatic heterocycles. The van der Waals surface area contributed by atoms with Crippen molar-refractivity contribution < 1.29 is 5.11 Å². The minimum Gasteiger partial charge on any atom is -0.395 e. The third kappa shape index (κ3) is 4.73. The summed E-state index contributed by atoms with van der Waals surface area (Å²) in [7, 11) is 0. The first-order valence-electron chi connectivity index (χ1n) is 8.00. The molecule has 0 amide bonds. The van der Waals surface area contributed by atoms with Gasteiger partial charge in [0.05, 0.1) is 6.61 Å². The van der Waals surface area contributed by atoms with Crippen molar-refractivity contribution in [2.75, 3.05) is 19.7 Å². The first kappa shape index (κ1) is 16.9. The standard InChI is InChI=1S/C16H34N2O/c1-6-14(11-19)17-9-10-18-15-7-8-16(4,5)13(3)12(15)2/h12-15,17-19H,6-11H2,1-5H3/t12-,13-,14?,15-/m1/s1. The van der Waals surface area contributed by atoms with Crippen LogP contribution in [0.3, 0.4) is 0 Å². The van der Waals surface area contributed by atoms with E-state index in [-0.39, 0.29) is 12.6 Å². The topological polar surface area (TPSA) is 44.3 Å². The molecule has 4 atom stereocenters. The fraction of sp³-hybridized carbons (Fsp3) is 1.00. The Morgan fingerprint density at radius 3 is 2.53 bits per heavy atom. The van der Waals surface area contributed by atoms with Crippen LogP contribution in [0.25, 0.3) is 0 Å². The predicted molar refractivity (Wildman–Crippen MR) is 82.3 cm³/mol. The van der Waals surface area contributed by atoms with Gasteiger partial charge in [-0.1, -0.05) is 34.6 Å². The maximum atomic E-state index is 9.13. The summed E-state index contributed by atoms with van der Waals surface area (Å²) in [6.45, 7) is 13.9. The monoisotopic (exact) mass is 270 g/mol. The molecule has 0 radical (unpaired) electrons. The molecule has 0 spiro atoms. The van der Waals surface area contributed by atoms with Gasteiger partial charge < -0.3 is 15.7 Å². The van der Waals surface area contributed by atoms with Gasteiger partial charge in [0.15, 0.2) is 0 Å². The van der Waals surface area contributed by atoms with Crippen molar-refractivity contribution in [3.63, 3.8) is 0 Å². The molecule has 19 heavy (non-hydrogen) atoms. The van der Waals surface area contributed by atoms with Gasteiger partial charge in [-0.05, 0) is 36.5 Å². The molecule has 1 unspecified atom stereocenters. The van der Waals surface area contributed by atoms with Crippen LogP contribution in [0.4, 0.5) is 0 Å². The van der Waals surface area contributed by atoms with Crippen molar-refractivity contribution in [1.82, 2.24) is 10.6 Å². The van der Waals surface area contributed by atoms with E-state index in [2.05, 4.69) is 45.3 Å². The maximum Gasteiger partial charge on any atom is 0.0584 e. The molecule has 0 saturated heterocycles. The summed E-state index contributed by atoms with van der Waals surface area (Å²) in [5.74, 6) is 1.51. The number of hydrogen-bond donors (Lipinski definition) is 3. The summed E-state index contributed by atoms with van der Waals surface area (Å²) in [4.78, 5) is 0. The van der Waals surface area contributed by atoms with Crippen molar-refractivity contribution >= 4 is 0 Å². The van der Waals surface area contributed by atoms with Gasteiger partial charge in [-0.2, -0.15) is 0 Å². The van der Waals surface area contributed by atoms with E-state index in [0.29, 0.717) is 11.5 Å². The minimum absolute atomic E-state index is 0.238. The van der Waals surface area contributed by atoms with E-state index in [1.54, 1.807) is 0 Å². The molecule has 3 heteroatoms. The Labute approximate surface area is 119 Å². The zero-order valence-electron chi connectivity index (χ0n) is 13.5. The zero-order chi connectivity index (χ0) is 14.5. The van der Waals surface area contributed by atoms with Crippen LogP contribution >= 0.6 is 0 Å². The van der Waals surface area contributed by atoms with E-state index >= 15 is 0 Å². The number of aliphatic hydroxyl groups excluding tert-OH is 1. The van der Waals surface area contributed by atoms with Crippen LogP contribution in [-0.2, 0) is 0 Å². The molecule has 0 heterocycles. The summed E-state index contributed by atoms with van der Waals surface area (Å²) in [5, 5.41) is 16.2. The van der Waals surface area contributed by atoms with Crippen LogP contribution in [0, 0.1) is 17.3 Å². The van der Waals surface area contributed by atoms with Gasteiger partial charge in [-0.25, -0.2) is 0 Å². The van der Waals surface area contributed by atoms with Gasteiger partial charge in [0.2, 0.25) is 0 Å². The van der Waals surface area contributed by atoms with Gasteiger partial charge in [0.1, 0.15) is 0 Å². The van der Waals surface area contributed by atoms with Crippen LogP contribution in [0.15, 0.2) is 0 Å². The van der Waals surface area contributed by atoms with Gasteiger partial charge in [-0.3, -0.25) is 0 Å². The smallest absolute Gasteiger partial charge is 0.0584 e. The molecule has 0 aromatic rings. The van der Waals surface area contributed by atoms with E-state index in [4.69, 9.17) is 5.11 Å². The van der Waals surface area contributed by atoms with Gasteiger partial charge >= 0.3 is 0 Å². The summed E-state index contributed by atoms with van der Waals surface area (Å²) in [5.41, 5.74) is 0.486. The molecule has 114 valence electrons. The molecule has 1 saturated carbocycles. The van der Waals surface area contributed by atoms with Crippen LogP contribution < -0.4 is 10.6 Å². The fourth-order valence-corrected chi connectivity index (χ4v) is 3.24.